The average Bonchev–Trinajstić information content (AvgIpc) is 2.23. The summed E-state index contributed by atoms with van der Waals surface area (Å²) < 4.78 is 0. The molecule has 80 valence electrons. The van der Waals surface area contributed by atoms with E-state index in [2.05, 4.69) is 11.1 Å². The van der Waals surface area contributed by atoms with Gasteiger partial charge >= 0.3 is 0 Å². The lowest BCUT2D eigenvalue weighted by molar-refractivity contribution is 1.22. The first-order valence-corrected chi connectivity index (χ1v) is 5.49. The fourth-order valence-corrected chi connectivity index (χ4v) is 1.91. The number of fused-ring (bicyclic) bond motifs is 1. The number of pyridine rings is 1. The zero-order valence-corrected chi connectivity index (χ0v) is 10.1. The van der Waals surface area contributed by atoms with Crippen LogP contribution in [-0.2, 0) is 6.42 Å². The molecule has 1 aromatic heterocycles. The molecule has 0 unspecified atom stereocenters. The van der Waals surface area contributed by atoms with E-state index in [1.54, 1.807) is 6.07 Å². The molecule has 0 aliphatic carbocycles. The molecule has 0 aliphatic heterocycles. The Balaban J connectivity index is 2.70. The topological polar surface area (TPSA) is 36.7 Å². The van der Waals surface area contributed by atoms with Gasteiger partial charge in [0.05, 0.1) is 18.0 Å². The number of rotatable bonds is 1. The number of aryl methyl sites for hydroxylation is 1. The third kappa shape index (κ3) is 1.97. The van der Waals surface area contributed by atoms with Gasteiger partial charge in [0.25, 0.3) is 0 Å². The largest absolute Gasteiger partial charge is 0.236 e. The molecule has 0 saturated carbocycles. The highest BCUT2D eigenvalue weighted by molar-refractivity contribution is 6.32. The maximum absolute atomic E-state index is 8.66. The first kappa shape index (κ1) is 11.2. The molecule has 2 aromatic rings. The summed E-state index contributed by atoms with van der Waals surface area (Å²) in [4.78, 5) is 4.23. The van der Waals surface area contributed by atoms with Gasteiger partial charge < -0.3 is 0 Å². The van der Waals surface area contributed by atoms with E-state index in [9.17, 15) is 0 Å². The van der Waals surface area contributed by atoms with Crippen molar-refractivity contribution in [2.75, 3.05) is 0 Å². The number of hydrogen-bond acceptors (Lipinski definition) is 2. The van der Waals surface area contributed by atoms with Gasteiger partial charge in [-0.15, -0.1) is 0 Å². The van der Waals surface area contributed by atoms with Crippen LogP contribution in [0.25, 0.3) is 10.9 Å². The van der Waals surface area contributed by atoms with Gasteiger partial charge in [-0.25, -0.2) is 4.98 Å². The molecule has 0 bridgehead atoms. The standard InChI is InChI=1S/C12H8Cl2N2/c1-7-4-9-5-8(2-3-15)12(14)16-11(9)6-10(7)13/h4-6H,2H2,1H3. The maximum atomic E-state index is 8.66. The normalized spacial score (nSPS) is 10.4. The Morgan fingerprint density at radius 1 is 1.31 bits per heavy atom. The summed E-state index contributed by atoms with van der Waals surface area (Å²) in [5.74, 6) is 0. The minimum absolute atomic E-state index is 0.267. The number of hydrogen-bond donors (Lipinski definition) is 0. The Kier molecular flexibility index (Phi) is 3.00. The molecule has 0 N–H and O–H groups in total. The van der Waals surface area contributed by atoms with Crippen LogP contribution in [0.4, 0.5) is 0 Å². The van der Waals surface area contributed by atoms with Gasteiger partial charge in [0.15, 0.2) is 0 Å². The van der Waals surface area contributed by atoms with Crippen LogP contribution in [0.1, 0.15) is 11.1 Å². The zero-order chi connectivity index (χ0) is 11.7. The average molecular weight is 251 g/mol. The highest BCUT2D eigenvalue weighted by atomic mass is 35.5. The van der Waals surface area contributed by atoms with E-state index in [4.69, 9.17) is 28.5 Å². The first-order valence-electron chi connectivity index (χ1n) is 4.74. The molecule has 0 atom stereocenters. The highest BCUT2D eigenvalue weighted by Crippen LogP contribution is 2.26. The molecule has 0 radical (unpaired) electrons. The fourth-order valence-electron chi connectivity index (χ4n) is 1.54. The maximum Gasteiger partial charge on any atom is 0.134 e. The summed E-state index contributed by atoms with van der Waals surface area (Å²) in [6.45, 7) is 1.93. The predicted molar refractivity (Wildman–Crippen MR) is 65.8 cm³/mol. The van der Waals surface area contributed by atoms with E-state index in [1.807, 2.05) is 19.1 Å². The summed E-state index contributed by atoms with van der Waals surface area (Å²) in [5, 5.41) is 10.7. The van der Waals surface area contributed by atoms with Crippen LogP contribution in [0.5, 0.6) is 0 Å². The van der Waals surface area contributed by atoms with Crippen LogP contribution in [0.3, 0.4) is 0 Å². The number of nitriles is 1. The lowest BCUT2D eigenvalue weighted by Crippen LogP contribution is -1.90. The second-order valence-corrected chi connectivity index (χ2v) is 4.33. The Morgan fingerprint density at radius 3 is 2.75 bits per heavy atom. The van der Waals surface area contributed by atoms with Crippen LogP contribution in [0, 0.1) is 18.3 Å². The molecule has 0 amide bonds. The molecule has 1 aromatic carbocycles. The summed E-state index contributed by atoms with van der Waals surface area (Å²) >= 11 is 12.0. The number of aromatic nitrogens is 1. The summed E-state index contributed by atoms with van der Waals surface area (Å²) in [6, 6.07) is 7.68. The van der Waals surface area contributed by atoms with Crippen LogP contribution in [-0.4, -0.2) is 4.98 Å². The van der Waals surface area contributed by atoms with Gasteiger partial charge in [-0.05, 0) is 30.7 Å². The lowest BCUT2D eigenvalue weighted by atomic mass is 10.1. The van der Waals surface area contributed by atoms with Gasteiger partial charge in [0.1, 0.15) is 5.15 Å². The van der Waals surface area contributed by atoms with E-state index in [0.717, 1.165) is 22.0 Å². The van der Waals surface area contributed by atoms with E-state index in [-0.39, 0.29) is 6.42 Å². The van der Waals surface area contributed by atoms with Crippen molar-refractivity contribution >= 4 is 34.1 Å². The van der Waals surface area contributed by atoms with E-state index >= 15 is 0 Å². The quantitative estimate of drug-likeness (QED) is 0.720. The first-order chi connectivity index (χ1) is 7.61. The van der Waals surface area contributed by atoms with Gasteiger partial charge in [0, 0.05) is 16.0 Å². The number of halogens is 2. The molecule has 0 saturated heterocycles. The van der Waals surface area contributed by atoms with Gasteiger partial charge in [0.2, 0.25) is 0 Å². The van der Waals surface area contributed by atoms with Gasteiger partial charge in [-0.1, -0.05) is 23.2 Å². The SMILES string of the molecule is Cc1cc2cc(CC#N)c(Cl)nc2cc1Cl. The Morgan fingerprint density at radius 2 is 2.06 bits per heavy atom. The molecular weight excluding hydrogens is 243 g/mol. The third-order valence-corrected chi connectivity index (χ3v) is 3.13. The number of benzene rings is 1. The molecule has 0 spiro atoms. The smallest absolute Gasteiger partial charge is 0.134 e. The van der Waals surface area contributed by atoms with Crippen molar-refractivity contribution in [2.45, 2.75) is 13.3 Å². The van der Waals surface area contributed by atoms with E-state index in [1.165, 1.54) is 0 Å². The van der Waals surface area contributed by atoms with Crippen LogP contribution >= 0.6 is 23.2 Å². The molecule has 0 fully saturated rings. The monoisotopic (exact) mass is 250 g/mol. The molecule has 16 heavy (non-hydrogen) atoms. The van der Waals surface area contributed by atoms with E-state index in [0.29, 0.717) is 10.2 Å². The van der Waals surface area contributed by atoms with Crippen molar-refractivity contribution in [1.29, 1.82) is 5.26 Å². The second-order valence-electron chi connectivity index (χ2n) is 3.57. The zero-order valence-electron chi connectivity index (χ0n) is 8.59. The molecule has 4 heteroatoms. The fraction of sp³-hybridized carbons (Fsp3) is 0.167. The Labute approximate surface area is 103 Å². The van der Waals surface area contributed by atoms with Crippen molar-refractivity contribution in [2.24, 2.45) is 0 Å². The minimum Gasteiger partial charge on any atom is -0.236 e. The van der Waals surface area contributed by atoms with Crippen molar-refractivity contribution < 1.29 is 0 Å². The molecule has 1 heterocycles. The Bertz CT molecular complexity index is 600. The second kappa shape index (κ2) is 4.29. The Hall–Kier alpha value is -1.30. The highest BCUT2D eigenvalue weighted by Gasteiger charge is 2.06. The van der Waals surface area contributed by atoms with Crippen LogP contribution in [0.15, 0.2) is 18.2 Å². The van der Waals surface area contributed by atoms with Gasteiger partial charge in [-0.2, -0.15) is 5.26 Å². The van der Waals surface area contributed by atoms with E-state index < -0.39 is 0 Å². The van der Waals surface area contributed by atoms with Crippen LogP contribution < -0.4 is 0 Å². The molecule has 2 rings (SSSR count). The van der Waals surface area contributed by atoms with Crippen LogP contribution in [0.2, 0.25) is 10.2 Å². The molecule has 0 aliphatic rings. The lowest BCUT2D eigenvalue weighted by Gasteiger charge is -2.05. The van der Waals surface area contributed by atoms with Crippen molar-refractivity contribution in [1.82, 2.24) is 4.98 Å². The summed E-state index contributed by atoms with van der Waals surface area (Å²) in [7, 11) is 0. The third-order valence-electron chi connectivity index (χ3n) is 2.39. The van der Waals surface area contributed by atoms with Crippen molar-refractivity contribution in [3.63, 3.8) is 0 Å². The van der Waals surface area contributed by atoms with Crippen molar-refractivity contribution in [3.05, 3.63) is 39.5 Å². The van der Waals surface area contributed by atoms with Gasteiger partial charge in [-0.3, -0.25) is 0 Å². The molecule has 2 nitrogen and oxygen atoms in total. The predicted octanol–water partition coefficient (Wildman–Crippen LogP) is 3.92. The summed E-state index contributed by atoms with van der Waals surface area (Å²) in [5.41, 5.74) is 2.49. The minimum atomic E-state index is 0.267. The van der Waals surface area contributed by atoms with Crippen molar-refractivity contribution in [3.8, 4) is 6.07 Å². The number of nitrogens with zero attached hydrogens (tertiary/aromatic N) is 2. The summed E-state index contributed by atoms with van der Waals surface area (Å²) in [6.07, 6.45) is 0.267. The molecular formula is C12H8Cl2N2.